The summed E-state index contributed by atoms with van der Waals surface area (Å²) in [6, 6.07) is -0.318. The Morgan fingerprint density at radius 2 is 1.36 bits per heavy atom. The zero-order valence-electron chi connectivity index (χ0n) is 14.3. The fourth-order valence-electron chi connectivity index (χ4n) is 4.13. The fourth-order valence-corrected chi connectivity index (χ4v) is 4.13. The van der Waals surface area contributed by atoms with Crippen molar-refractivity contribution < 1.29 is 4.79 Å². The van der Waals surface area contributed by atoms with E-state index in [0.717, 1.165) is 26.2 Å². The lowest BCUT2D eigenvalue weighted by molar-refractivity contribution is -0.130. The first kappa shape index (κ1) is 17.9. The first-order valence-electron chi connectivity index (χ1n) is 8.98. The maximum absolute atomic E-state index is 13.1. The number of hydrogen-bond acceptors (Lipinski definition) is 5. The van der Waals surface area contributed by atoms with Crippen LogP contribution < -0.4 is 11.5 Å². The van der Waals surface area contributed by atoms with Gasteiger partial charge in [-0.1, -0.05) is 13.8 Å². The summed E-state index contributed by atoms with van der Waals surface area (Å²) in [5, 5.41) is 0. The molecule has 4 unspecified atom stereocenters. The van der Waals surface area contributed by atoms with E-state index >= 15 is 0 Å². The van der Waals surface area contributed by atoms with Crippen LogP contribution in [0.5, 0.6) is 0 Å². The van der Waals surface area contributed by atoms with Crippen LogP contribution in [0.15, 0.2) is 0 Å². The SMILES string of the molecule is CC1CCCN(C(CN)C(=O)C(CN)N2CCCC(C)C2)C1. The van der Waals surface area contributed by atoms with Crippen molar-refractivity contribution >= 4 is 5.78 Å². The van der Waals surface area contributed by atoms with Crippen molar-refractivity contribution in [2.24, 2.45) is 23.3 Å². The number of nitrogens with zero attached hydrogens (tertiary/aromatic N) is 2. The second kappa shape index (κ2) is 8.39. The molecular formula is C17H34N4O. The van der Waals surface area contributed by atoms with Gasteiger partial charge in [0.2, 0.25) is 0 Å². The smallest absolute Gasteiger partial charge is 0.169 e. The second-order valence-electron chi connectivity index (χ2n) is 7.39. The molecule has 5 nitrogen and oxygen atoms in total. The van der Waals surface area contributed by atoms with Gasteiger partial charge in [0.15, 0.2) is 5.78 Å². The standard InChI is InChI=1S/C17H34N4O/c1-13-5-3-7-20(11-13)15(9-18)17(22)16(10-19)21-8-4-6-14(2)12-21/h13-16H,3-12,18-19H2,1-2H3. The van der Waals surface area contributed by atoms with Gasteiger partial charge in [0.05, 0.1) is 12.1 Å². The number of carbonyl (C=O) groups excluding carboxylic acids is 1. The van der Waals surface area contributed by atoms with Gasteiger partial charge in [0, 0.05) is 26.2 Å². The van der Waals surface area contributed by atoms with Crippen molar-refractivity contribution in [1.29, 1.82) is 0 Å². The van der Waals surface area contributed by atoms with Crippen LogP contribution in [0, 0.1) is 11.8 Å². The normalized spacial score (nSPS) is 30.9. The zero-order valence-corrected chi connectivity index (χ0v) is 14.3. The van der Waals surface area contributed by atoms with Crippen molar-refractivity contribution in [3.05, 3.63) is 0 Å². The van der Waals surface area contributed by atoms with Crippen molar-refractivity contribution in [2.45, 2.75) is 51.6 Å². The quantitative estimate of drug-likeness (QED) is 0.754. The summed E-state index contributed by atoms with van der Waals surface area (Å²) in [4.78, 5) is 17.7. The van der Waals surface area contributed by atoms with E-state index in [0.29, 0.717) is 24.9 Å². The maximum atomic E-state index is 13.1. The average Bonchev–Trinajstić information content (AvgIpc) is 2.49. The minimum Gasteiger partial charge on any atom is -0.328 e. The van der Waals surface area contributed by atoms with Gasteiger partial charge in [-0.2, -0.15) is 0 Å². The van der Waals surface area contributed by atoms with Crippen molar-refractivity contribution in [2.75, 3.05) is 39.3 Å². The molecule has 4 atom stereocenters. The van der Waals surface area contributed by atoms with Crippen LogP contribution in [0.2, 0.25) is 0 Å². The van der Waals surface area contributed by atoms with Gasteiger partial charge < -0.3 is 11.5 Å². The van der Waals surface area contributed by atoms with Gasteiger partial charge in [0.25, 0.3) is 0 Å². The molecule has 0 aromatic heterocycles. The topological polar surface area (TPSA) is 75.6 Å². The molecule has 2 fully saturated rings. The molecule has 0 amide bonds. The van der Waals surface area contributed by atoms with E-state index in [-0.39, 0.29) is 17.9 Å². The lowest BCUT2D eigenvalue weighted by atomic mass is 9.93. The lowest BCUT2D eigenvalue weighted by Crippen LogP contribution is -2.59. The summed E-state index contributed by atoms with van der Waals surface area (Å²) in [5.41, 5.74) is 12.0. The Labute approximate surface area is 135 Å². The predicted molar refractivity (Wildman–Crippen MR) is 90.6 cm³/mol. The molecule has 2 heterocycles. The Morgan fingerprint density at radius 1 is 0.955 bits per heavy atom. The summed E-state index contributed by atoms with van der Waals surface area (Å²) in [6.45, 7) is 9.30. The molecular weight excluding hydrogens is 276 g/mol. The van der Waals surface area contributed by atoms with Crippen LogP contribution in [-0.2, 0) is 4.79 Å². The van der Waals surface area contributed by atoms with Crippen LogP contribution in [0.4, 0.5) is 0 Å². The number of hydrogen-bond donors (Lipinski definition) is 2. The predicted octanol–water partition coefficient (Wildman–Crippen LogP) is 0.674. The number of piperidine rings is 2. The molecule has 2 rings (SSSR count). The Morgan fingerprint density at radius 3 is 1.68 bits per heavy atom. The van der Waals surface area contributed by atoms with Crippen LogP contribution in [-0.4, -0.2) is 66.9 Å². The van der Waals surface area contributed by atoms with E-state index in [2.05, 4.69) is 23.6 Å². The fraction of sp³-hybridized carbons (Fsp3) is 0.941. The van der Waals surface area contributed by atoms with E-state index in [1.165, 1.54) is 25.7 Å². The van der Waals surface area contributed by atoms with Gasteiger partial charge in [-0.25, -0.2) is 0 Å². The summed E-state index contributed by atoms with van der Waals surface area (Å²) < 4.78 is 0. The summed E-state index contributed by atoms with van der Waals surface area (Å²) >= 11 is 0. The summed E-state index contributed by atoms with van der Waals surface area (Å²) in [6.07, 6.45) is 4.84. The highest BCUT2D eigenvalue weighted by atomic mass is 16.1. The maximum Gasteiger partial charge on any atom is 0.169 e. The molecule has 0 bridgehead atoms. The third-order valence-corrected chi connectivity index (χ3v) is 5.36. The monoisotopic (exact) mass is 310 g/mol. The number of rotatable bonds is 6. The van der Waals surface area contributed by atoms with E-state index in [4.69, 9.17) is 11.5 Å². The summed E-state index contributed by atoms with van der Waals surface area (Å²) in [7, 11) is 0. The first-order valence-corrected chi connectivity index (χ1v) is 8.98. The van der Waals surface area contributed by atoms with Crippen molar-refractivity contribution in [3.63, 3.8) is 0 Å². The molecule has 2 aliphatic heterocycles. The van der Waals surface area contributed by atoms with Crippen LogP contribution in [0.25, 0.3) is 0 Å². The number of nitrogens with two attached hydrogens (primary N) is 2. The third-order valence-electron chi connectivity index (χ3n) is 5.36. The highest BCUT2D eigenvalue weighted by molar-refractivity contribution is 5.89. The van der Waals surface area contributed by atoms with Crippen LogP contribution in [0.1, 0.15) is 39.5 Å². The van der Waals surface area contributed by atoms with Gasteiger partial charge in [0.1, 0.15) is 0 Å². The first-order chi connectivity index (χ1) is 10.6. The van der Waals surface area contributed by atoms with E-state index in [1.807, 2.05) is 0 Å². The molecule has 0 spiro atoms. The molecule has 22 heavy (non-hydrogen) atoms. The van der Waals surface area contributed by atoms with Gasteiger partial charge >= 0.3 is 0 Å². The highest BCUT2D eigenvalue weighted by Gasteiger charge is 2.35. The van der Waals surface area contributed by atoms with Gasteiger partial charge in [-0.15, -0.1) is 0 Å². The van der Waals surface area contributed by atoms with E-state index in [1.54, 1.807) is 0 Å². The van der Waals surface area contributed by atoms with E-state index < -0.39 is 0 Å². The average molecular weight is 310 g/mol. The molecule has 0 saturated carbocycles. The number of carbonyl (C=O) groups is 1. The van der Waals surface area contributed by atoms with Crippen molar-refractivity contribution in [1.82, 2.24) is 9.80 Å². The van der Waals surface area contributed by atoms with Crippen LogP contribution in [0.3, 0.4) is 0 Å². The van der Waals surface area contributed by atoms with Crippen LogP contribution >= 0.6 is 0 Å². The number of ketones is 1. The third kappa shape index (κ3) is 4.28. The molecule has 0 radical (unpaired) electrons. The Bertz CT molecular complexity index is 331. The number of Topliss-reactive ketones (excluding diaryl/α,β-unsaturated/α-hetero) is 1. The Balaban J connectivity index is 2.04. The van der Waals surface area contributed by atoms with Gasteiger partial charge in [-0.3, -0.25) is 14.6 Å². The largest absolute Gasteiger partial charge is 0.328 e. The molecule has 0 aliphatic carbocycles. The second-order valence-corrected chi connectivity index (χ2v) is 7.39. The Kier molecular flexibility index (Phi) is 6.81. The highest BCUT2D eigenvalue weighted by Crippen LogP contribution is 2.22. The molecule has 5 heteroatoms. The molecule has 0 aromatic rings. The lowest BCUT2D eigenvalue weighted by Gasteiger charge is -2.41. The zero-order chi connectivity index (χ0) is 16.1. The van der Waals surface area contributed by atoms with E-state index in [9.17, 15) is 4.79 Å². The molecule has 4 N–H and O–H groups in total. The Hall–Kier alpha value is -0.490. The van der Waals surface area contributed by atoms with Gasteiger partial charge in [-0.05, 0) is 50.6 Å². The molecule has 0 aromatic carbocycles. The summed E-state index contributed by atoms with van der Waals surface area (Å²) in [5.74, 6) is 1.55. The molecule has 128 valence electrons. The molecule has 2 saturated heterocycles. The number of likely N-dealkylation sites (tertiary alicyclic amines) is 2. The minimum absolute atomic E-state index is 0.159. The van der Waals surface area contributed by atoms with Crippen molar-refractivity contribution in [3.8, 4) is 0 Å². The molecule has 2 aliphatic rings. The minimum atomic E-state index is -0.159.